The third-order valence-corrected chi connectivity index (χ3v) is 6.74. The summed E-state index contributed by atoms with van der Waals surface area (Å²) < 4.78 is 29.6. The number of amides is 1. The van der Waals surface area contributed by atoms with Crippen molar-refractivity contribution in [2.45, 2.75) is 32.4 Å². The molecule has 0 saturated carbocycles. The fraction of sp³-hybridized carbons (Fsp3) is 0.381. The number of nitro benzene ring substituents is 1. The van der Waals surface area contributed by atoms with E-state index in [4.69, 9.17) is 4.74 Å². The molecular weight excluding hydrogens is 408 g/mol. The molecule has 160 valence electrons. The monoisotopic (exact) mass is 432 g/mol. The van der Waals surface area contributed by atoms with Crippen LogP contribution in [-0.4, -0.2) is 48.3 Å². The van der Waals surface area contributed by atoms with Gasteiger partial charge in [0.1, 0.15) is 11.3 Å². The molecule has 2 aromatic carbocycles. The molecule has 1 amide bonds. The highest BCUT2D eigenvalue weighted by atomic mass is 32.2. The Hall–Kier alpha value is -2.94. The van der Waals surface area contributed by atoms with Gasteiger partial charge in [0.25, 0.3) is 11.6 Å². The van der Waals surface area contributed by atoms with Crippen LogP contribution in [0, 0.1) is 10.1 Å². The standard InChI is InChI=1S/C21H24N2O6S/c1-2-12-29-18-9-7-16(8-10-18)14-22(17-11-13-30(27,28)15-17)21(24)19-5-3-4-6-20(19)23(25)26/h3-10,17H,2,11-15H2,1H3. The van der Waals surface area contributed by atoms with E-state index in [-0.39, 0.29) is 29.3 Å². The first-order valence-electron chi connectivity index (χ1n) is 9.77. The predicted octanol–water partition coefficient (Wildman–Crippen LogP) is 3.21. The van der Waals surface area contributed by atoms with Crippen molar-refractivity contribution >= 4 is 21.4 Å². The third-order valence-electron chi connectivity index (χ3n) is 4.99. The van der Waals surface area contributed by atoms with Crippen molar-refractivity contribution in [2.24, 2.45) is 0 Å². The minimum Gasteiger partial charge on any atom is -0.494 e. The fourth-order valence-corrected chi connectivity index (χ4v) is 5.19. The molecule has 1 saturated heterocycles. The number of nitro groups is 1. The van der Waals surface area contributed by atoms with Gasteiger partial charge >= 0.3 is 0 Å². The van der Waals surface area contributed by atoms with Crippen molar-refractivity contribution < 1.29 is 22.9 Å². The molecule has 2 aromatic rings. The van der Waals surface area contributed by atoms with Gasteiger partial charge in [-0.15, -0.1) is 0 Å². The smallest absolute Gasteiger partial charge is 0.282 e. The van der Waals surface area contributed by atoms with E-state index >= 15 is 0 Å². The lowest BCUT2D eigenvalue weighted by Gasteiger charge is -2.28. The van der Waals surface area contributed by atoms with Gasteiger partial charge in [-0.25, -0.2) is 8.42 Å². The van der Waals surface area contributed by atoms with E-state index in [0.717, 1.165) is 12.0 Å². The number of hydrogen-bond donors (Lipinski definition) is 0. The van der Waals surface area contributed by atoms with Crippen LogP contribution in [0.15, 0.2) is 48.5 Å². The molecule has 1 aliphatic heterocycles. The Kier molecular flexibility index (Phi) is 6.71. The maximum absolute atomic E-state index is 13.3. The Balaban J connectivity index is 1.90. The van der Waals surface area contributed by atoms with E-state index in [1.54, 1.807) is 18.2 Å². The molecule has 3 rings (SSSR count). The predicted molar refractivity (Wildman–Crippen MR) is 112 cm³/mol. The molecule has 0 N–H and O–H groups in total. The lowest BCUT2D eigenvalue weighted by Crippen LogP contribution is -2.40. The van der Waals surface area contributed by atoms with Crippen molar-refractivity contribution in [3.63, 3.8) is 0 Å². The zero-order valence-corrected chi connectivity index (χ0v) is 17.5. The quantitative estimate of drug-likeness (QED) is 0.468. The molecule has 1 aliphatic rings. The Labute approximate surface area is 175 Å². The van der Waals surface area contributed by atoms with Gasteiger partial charge in [0.15, 0.2) is 9.84 Å². The van der Waals surface area contributed by atoms with Crippen LogP contribution in [0.1, 0.15) is 35.7 Å². The summed E-state index contributed by atoms with van der Waals surface area (Å²) >= 11 is 0. The molecule has 9 heteroatoms. The van der Waals surface area contributed by atoms with Crippen LogP contribution >= 0.6 is 0 Å². The van der Waals surface area contributed by atoms with Gasteiger partial charge in [-0.05, 0) is 36.6 Å². The van der Waals surface area contributed by atoms with Gasteiger partial charge in [-0.3, -0.25) is 14.9 Å². The van der Waals surface area contributed by atoms with Crippen LogP contribution in [0.5, 0.6) is 5.75 Å². The number of carbonyl (C=O) groups is 1. The number of nitrogens with zero attached hydrogens (tertiary/aromatic N) is 2. The first kappa shape index (κ1) is 21.8. The molecular formula is C21H24N2O6S. The Morgan fingerprint density at radius 2 is 1.90 bits per heavy atom. The molecule has 0 spiro atoms. The van der Waals surface area contributed by atoms with Gasteiger partial charge in [0, 0.05) is 18.7 Å². The van der Waals surface area contributed by atoms with E-state index in [2.05, 4.69) is 0 Å². The van der Waals surface area contributed by atoms with Crippen molar-refractivity contribution in [1.29, 1.82) is 0 Å². The van der Waals surface area contributed by atoms with E-state index in [1.807, 2.05) is 19.1 Å². The maximum Gasteiger partial charge on any atom is 0.282 e. The average Bonchev–Trinajstić information content (AvgIpc) is 3.10. The van der Waals surface area contributed by atoms with Crippen molar-refractivity contribution in [3.05, 3.63) is 69.8 Å². The molecule has 0 aliphatic carbocycles. The first-order chi connectivity index (χ1) is 14.3. The zero-order valence-electron chi connectivity index (χ0n) is 16.7. The molecule has 0 aromatic heterocycles. The minimum atomic E-state index is -3.24. The number of rotatable bonds is 8. The summed E-state index contributed by atoms with van der Waals surface area (Å²) in [6, 6.07) is 12.4. The number of carbonyl (C=O) groups excluding carboxylic acids is 1. The SMILES string of the molecule is CCCOc1ccc(CN(C(=O)c2ccccc2[N+](=O)[O-])C2CCS(=O)(=O)C2)cc1. The first-order valence-corrected chi connectivity index (χ1v) is 11.6. The topological polar surface area (TPSA) is 107 Å². The van der Waals surface area contributed by atoms with Gasteiger partial charge in [-0.2, -0.15) is 0 Å². The summed E-state index contributed by atoms with van der Waals surface area (Å²) in [6.07, 6.45) is 1.20. The highest BCUT2D eigenvalue weighted by molar-refractivity contribution is 7.91. The molecule has 1 fully saturated rings. The summed E-state index contributed by atoms with van der Waals surface area (Å²) in [5.74, 6) is 0.0236. The maximum atomic E-state index is 13.3. The molecule has 1 heterocycles. The third kappa shape index (κ3) is 5.15. The second-order valence-electron chi connectivity index (χ2n) is 7.26. The van der Waals surface area contributed by atoms with E-state index < -0.39 is 26.7 Å². The number of benzene rings is 2. The normalized spacial score (nSPS) is 17.4. The van der Waals surface area contributed by atoms with Crippen LogP contribution in [-0.2, 0) is 16.4 Å². The van der Waals surface area contributed by atoms with Crippen molar-refractivity contribution in [1.82, 2.24) is 4.90 Å². The van der Waals surface area contributed by atoms with Crippen LogP contribution < -0.4 is 4.74 Å². The van der Waals surface area contributed by atoms with Crippen LogP contribution in [0.3, 0.4) is 0 Å². The van der Waals surface area contributed by atoms with Gasteiger partial charge in [0.2, 0.25) is 0 Å². The van der Waals surface area contributed by atoms with Crippen molar-refractivity contribution in [3.8, 4) is 5.75 Å². The van der Waals surface area contributed by atoms with E-state index in [0.29, 0.717) is 18.8 Å². The molecule has 0 radical (unpaired) electrons. The lowest BCUT2D eigenvalue weighted by atomic mass is 10.1. The second-order valence-corrected chi connectivity index (χ2v) is 9.49. The fourth-order valence-electron chi connectivity index (χ4n) is 3.46. The Bertz CT molecular complexity index is 1020. The van der Waals surface area contributed by atoms with Crippen LogP contribution in [0.25, 0.3) is 0 Å². The number of hydrogen-bond acceptors (Lipinski definition) is 6. The van der Waals surface area contributed by atoms with Crippen LogP contribution in [0.2, 0.25) is 0 Å². The summed E-state index contributed by atoms with van der Waals surface area (Å²) in [6.45, 7) is 2.76. The van der Waals surface area contributed by atoms with Crippen molar-refractivity contribution in [2.75, 3.05) is 18.1 Å². The van der Waals surface area contributed by atoms with E-state index in [1.165, 1.54) is 23.1 Å². The summed E-state index contributed by atoms with van der Waals surface area (Å²) in [7, 11) is -3.24. The van der Waals surface area contributed by atoms with Gasteiger partial charge in [0.05, 0.1) is 23.0 Å². The average molecular weight is 432 g/mol. The molecule has 1 atom stereocenters. The number of para-hydroxylation sites is 1. The minimum absolute atomic E-state index is 0.00211. The largest absolute Gasteiger partial charge is 0.494 e. The van der Waals surface area contributed by atoms with Gasteiger partial charge < -0.3 is 9.64 Å². The summed E-state index contributed by atoms with van der Waals surface area (Å²) in [4.78, 5) is 25.5. The Morgan fingerprint density at radius 1 is 1.20 bits per heavy atom. The number of ether oxygens (including phenoxy) is 1. The highest BCUT2D eigenvalue weighted by Crippen LogP contribution is 2.26. The summed E-state index contributed by atoms with van der Waals surface area (Å²) in [5.41, 5.74) is 0.446. The second kappa shape index (κ2) is 9.25. The number of sulfone groups is 1. The van der Waals surface area contributed by atoms with Crippen LogP contribution in [0.4, 0.5) is 5.69 Å². The molecule has 30 heavy (non-hydrogen) atoms. The summed E-state index contributed by atoms with van der Waals surface area (Å²) in [5, 5.41) is 11.4. The molecule has 8 nitrogen and oxygen atoms in total. The zero-order chi connectivity index (χ0) is 21.7. The Morgan fingerprint density at radius 3 is 2.50 bits per heavy atom. The molecule has 1 unspecified atom stereocenters. The lowest BCUT2D eigenvalue weighted by molar-refractivity contribution is -0.385. The van der Waals surface area contributed by atoms with E-state index in [9.17, 15) is 23.3 Å². The molecule has 0 bridgehead atoms. The van der Waals surface area contributed by atoms with Gasteiger partial charge in [-0.1, -0.05) is 31.2 Å². The highest BCUT2D eigenvalue weighted by Gasteiger charge is 2.36.